The van der Waals surface area contributed by atoms with Crippen molar-refractivity contribution in [3.8, 4) is 0 Å². The quantitative estimate of drug-likeness (QED) is 0.581. The van der Waals surface area contributed by atoms with Gasteiger partial charge in [-0.05, 0) is 13.0 Å². The lowest BCUT2D eigenvalue weighted by Gasteiger charge is -1.98. The van der Waals surface area contributed by atoms with Crippen LogP contribution in [0.3, 0.4) is 0 Å². The van der Waals surface area contributed by atoms with Crippen molar-refractivity contribution in [1.29, 1.82) is 0 Å². The van der Waals surface area contributed by atoms with Crippen LogP contribution in [0.15, 0.2) is 0 Å². The summed E-state index contributed by atoms with van der Waals surface area (Å²) in [7, 11) is 0. The Bertz CT molecular complexity index is 37.1. The summed E-state index contributed by atoms with van der Waals surface area (Å²) >= 11 is 0. The van der Waals surface area contributed by atoms with E-state index in [2.05, 4.69) is 12.2 Å². The SMILES string of the molecule is CC.CCCCNCCN.[HH]. The molecular weight excluding hydrogens is 124 g/mol. The Morgan fingerprint density at radius 2 is 1.90 bits per heavy atom. The van der Waals surface area contributed by atoms with E-state index in [0.29, 0.717) is 0 Å². The van der Waals surface area contributed by atoms with Crippen molar-refractivity contribution < 1.29 is 1.43 Å². The van der Waals surface area contributed by atoms with Crippen molar-refractivity contribution in [1.82, 2.24) is 5.32 Å². The molecule has 66 valence electrons. The van der Waals surface area contributed by atoms with Gasteiger partial charge in [0.15, 0.2) is 0 Å². The monoisotopic (exact) mass is 148 g/mol. The maximum absolute atomic E-state index is 5.25. The van der Waals surface area contributed by atoms with Crippen molar-refractivity contribution in [2.75, 3.05) is 19.6 Å². The van der Waals surface area contributed by atoms with E-state index in [0.717, 1.165) is 19.6 Å². The highest BCUT2D eigenvalue weighted by Crippen LogP contribution is 1.80. The Balaban J connectivity index is -0.000000196. The zero-order valence-corrected chi connectivity index (χ0v) is 7.61. The van der Waals surface area contributed by atoms with Gasteiger partial charge in [0.1, 0.15) is 0 Å². The van der Waals surface area contributed by atoms with E-state index < -0.39 is 0 Å². The second-order valence-electron chi connectivity index (χ2n) is 1.89. The topological polar surface area (TPSA) is 38.0 Å². The van der Waals surface area contributed by atoms with E-state index in [1.165, 1.54) is 12.8 Å². The normalized spacial score (nSPS) is 8.40. The van der Waals surface area contributed by atoms with Gasteiger partial charge in [-0.3, -0.25) is 0 Å². The van der Waals surface area contributed by atoms with Crippen molar-refractivity contribution in [3.05, 3.63) is 0 Å². The lowest BCUT2D eigenvalue weighted by Crippen LogP contribution is -2.23. The second kappa shape index (κ2) is 16.0. The highest BCUT2D eigenvalue weighted by atomic mass is 14.9. The van der Waals surface area contributed by atoms with Crippen molar-refractivity contribution >= 4 is 0 Å². The summed E-state index contributed by atoms with van der Waals surface area (Å²) in [6, 6.07) is 0. The third-order valence-corrected chi connectivity index (χ3v) is 1.03. The summed E-state index contributed by atoms with van der Waals surface area (Å²) in [5.74, 6) is 0. The van der Waals surface area contributed by atoms with Crippen LogP contribution in [-0.4, -0.2) is 19.6 Å². The van der Waals surface area contributed by atoms with Crippen LogP contribution in [-0.2, 0) is 0 Å². The average molecular weight is 148 g/mol. The number of nitrogens with one attached hydrogen (secondary N) is 1. The molecule has 0 aromatic rings. The summed E-state index contributed by atoms with van der Waals surface area (Å²) in [6.07, 6.45) is 2.53. The highest BCUT2D eigenvalue weighted by molar-refractivity contribution is 4.45. The summed E-state index contributed by atoms with van der Waals surface area (Å²) in [5, 5.41) is 3.21. The fourth-order valence-corrected chi connectivity index (χ4v) is 0.529. The van der Waals surface area contributed by atoms with Crippen LogP contribution < -0.4 is 11.1 Å². The van der Waals surface area contributed by atoms with E-state index in [1.54, 1.807) is 0 Å². The van der Waals surface area contributed by atoms with Crippen molar-refractivity contribution in [3.63, 3.8) is 0 Å². The van der Waals surface area contributed by atoms with E-state index in [9.17, 15) is 0 Å². The number of nitrogens with two attached hydrogens (primary N) is 1. The first-order chi connectivity index (χ1) is 4.91. The summed E-state index contributed by atoms with van der Waals surface area (Å²) in [5.41, 5.74) is 5.25. The number of unbranched alkanes of at least 4 members (excludes halogenated alkanes) is 1. The van der Waals surface area contributed by atoms with Crippen LogP contribution in [0.1, 0.15) is 35.0 Å². The predicted octanol–water partition coefficient (Wildman–Crippen LogP) is 1.61. The minimum Gasteiger partial charge on any atom is -0.329 e. The molecule has 0 aliphatic heterocycles. The smallest absolute Gasteiger partial charge is 0.00745 e. The third kappa shape index (κ3) is 15.7. The summed E-state index contributed by atoms with van der Waals surface area (Å²) in [4.78, 5) is 0. The lowest BCUT2D eigenvalue weighted by molar-refractivity contribution is 0.645. The van der Waals surface area contributed by atoms with Gasteiger partial charge in [0.25, 0.3) is 0 Å². The van der Waals surface area contributed by atoms with Gasteiger partial charge in [-0.1, -0.05) is 27.2 Å². The summed E-state index contributed by atoms with van der Waals surface area (Å²) in [6.45, 7) is 9.02. The molecule has 0 aromatic carbocycles. The molecule has 0 aliphatic carbocycles. The molecule has 0 saturated heterocycles. The van der Waals surface area contributed by atoms with E-state index >= 15 is 0 Å². The first-order valence-electron chi connectivity index (χ1n) is 4.32. The zero-order valence-electron chi connectivity index (χ0n) is 7.61. The van der Waals surface area contributed by atoms with Gasteiger partial charge in [0.05, 0.1) is 0 Å². The van der Waals surface area contributed by atoms with Crippen LogP contribution in [0.5, 0.6) is 0 Å². The molecule has 0 spiro atoms. The van der Waals surface area contributed by atoms with Crippen LogP contribution >= 0.6 is 0 Å². The molecule has 2 heteroatoms. The van der Waals surface area contributed by atoms with Gasteiger partial charge in [-0.15, -0.1) is 0 Å². The van der Waals surface area contributed by atoms with E-state index in [1.807, 2.05) is 13.8 Å². The molecule has 2 nitrogen and oxygen atoms in total. The Morgan fingerprint density at radius 1 is 1.30 bits per heavy atom. The molecule has 0 bridgehead atoms. The molecule has 0 saturated carbocycles. The Hall–Kier alpha value is -0.0800. The molecule has 0 aliphatic rings. The minimum atomic E-state index is 0. The Labute approximate surface area is 66.7 Å². The van der Waals surface area contributed by atoms with E-state index in [4.69, 9.17) is 5.73 Å². The van der Waals surface area contributed by atoms with Crippen LogP contribution in [0.2, 0.25) is 0 Å². The standard InChI is InChI=1S/C6H16N2.C2H6.H2/c1-2-3-5-8-6-4-7;1-2;/h8H,2-7H2,1H3;1-2H3;1H. The van der Waals surface area contributed by atoms with Gasteiger partial charge in [0.2, 0.25) is 0 Å². The number of hydrogen-bond acceptors (Lipinski definition) is 2. The van der Waals surface area contributed by atoms with Gasteiger partial charge >= 0.3 is 0 Å². The number of hydrogen-bond donors (Lipinski definition) is 2. The fourth-order valence-electron chi connectivity index (χ4n) is 0.529. The Kier molecular flexibility index (Phi) is 20.1. The summed E-state index contributed by atoms with van der Waals surface area (Å²) < 4.78 is 0. The van der Waals surface area contributed by atoms with Crippen LogP contribution in [0.25, 0.3) is 0 Å². The first kappa shape index (κ1) is 12.6. The van der Waals surface area contributed by atoms with Gasteiger partial charge in [-0.2, -0.15) is 0 Å². The molecule has 10 heavy (non-hydrogen) atoms. The van der Waals surface area contributed by atoms with Crippen LogP contribution in [0, 0.1) is 0 Å². The molecule has 0 radical (unpaired) electrons. The molecule has 0 unspecified atom stereocenters. The predicted molar refractivity (Wildman–Crippen MR) is 50.3 cm³/mol. The molecule has 3 N–H and O–H groups in total. The van der Waals surface area contributed by atoms with Gasteiger partial charge in [-0.25, -0.2) is 0 Å². The lowest BCUT2D eigenvalue weighted by atomic mass is 10.3. The van der Waals surface area contributed by atoms with E-state index in [-0.39, 0.29) is 1.43 Å². The second-order valence-corrected chi connectivity index (χ2v) is 1.89. The average Bonchev–Trinajstić information content (AvgIpc) is 2.02. The molecule has 0 amide bonds. The van der Waals surface area contributed by atoms with Gasteiger partial charge < -0.3 is 11.1 Å². The highest BCUT2D eigenvalue weighted by Gasteiger charge is 1.80. The molecule has 0 aromatic heterocycles. The first-order valence-corrected chi connectivity index (χ1v) is 4.32. The van der Waals surface area contributed by atoms with Crippen molar-refractivity contribution in [2.45, 2.75) is 33.6 Å². The molecule has 0 atom stereocenters. The Morgan fingerprint density at radius 3 is 2.30 bits per heavy atom. The zero-order chi connectivity index (χ0) is 8.24. The molecule has 0 rings (SSSR count). The maximum atomic E-state index is 5.25. The third-order valence-electron chi connectivity index (χ3n) is 1.03. The number of rotatable bonds is 5. The molecule has 0 fully saturated rings. The molecule has 0 heterocycles. The van der Waals surface area contributed by atoms with Crippen LogP contribution in [0.4, 0.5) is 0 Å². The maximum Gasteiger partial charge on any atom is 0.00745 e. The van der Waals surface area contributed by atoms with Crippen molar-refractivity contribution in [2.24, 2.45) is 5.73 Å². The fraction of sp³-hybridized carbons (Fsp3) is 1.00. The minimum absolute atomic E-state index is 0. The molecular formula is C8H24N2. The van der Waals surface area contributed by atoms with Gasteiger partial charge in [0, 0.05) is 14.5 Å². The largest absolute Gasteiger partial charge is 0.329 e.